The second-order valence-electron chi connectivity index (χ2n) is 11.7. The van der Waals surface area contributed by atoms with E-state index in [4.69, 9.17) is 18.9 Å². The van der Waals surface area contributed by atoms with Crippen LogP contribution in [0.3, 0.4) is 0 Å². The van der Waals surface area contributed by atoms with E-state index in [-0.39, 0.29) is 18.0 Å². The minimum absolute atomic E-state index is 0.0846. The normalized spacial score (nSPS) is 19.0. The second-order valence-corrected chi connectivity index (χ2v) is 12.6. The molecule has 1 aliphatic carbocycles. The standard InChI is InChI=1S/C35H38BrN3O7/c1-43-29-15-22(16-30(18-29)44-2)21-38(25-7-8-25)34(40)33-31(17-26-19-37-20-32(33)39(26)35(41)42)23-3-9-27(10-4-23)45-13-14-46-28-11-5-24(36)6-12-28/h3-6,9-12,15-16,18,25-26,32,37H,7-8,13-14,17,19-21H2,1-2H3,(H,41,42)/t26-,32-/m1/s1. The highest BCUT2D eigenvalue weighted by atomic mass is 79.9. The number of carbonyl (C=O) groups is 2. The number of hydrogen-bond acceptors (Lipinski definition) is 7. The van der Waals surface area contributed by atoms with Crippen LogP contribution in [0.2, 0.25) is 0 Å². The van der Waals surface area contributed by atoms with Crippen LogP contribution in [0.1, 0.15) is 30.4 Å². The van der Waals surface area contributed by atoms with Gasteiger partial charge in [0.2, 0.25) is 0 Å². The number of rotatable bonds is 12. The number of halogens is 1. The van der Waals surface area contributed by atoms with Crippen LogP contribution in [0.15, 0.2) is 76.8 Å². The van der Waals surface area contributed by atoms with Gasteiger partial charge in [-0.2, -0.15) is 0 Å². The molecule has 0 unspecified atom stereocenters. The number of piperazine rings is 1. The first-order valence-corrected chi connectivity index (χ1v) is 16.2. The van der Waals surface area contributed by atoms with Crippen molar-refractivity contribution < 1.29 is 33.6 Å². The summed E-state index contributed by atoms with van der Waals surface area (Å²) in [6.07, 6.45) is 1.23. The van der Waals surface area contributed by atoms with E-state index in [1.54, 1.807) is 20.3 Å². The van der Waals surface area contributed by atoms with Crippen LogP contribution in [0.5, 0.6) is 23.0 Å². The lowest BCUT2D eigenvalue weighted by atomic mass is 9.82. The first-order valence-electron chi connectivity index (χ1n) is 15.4. The van der Waals surface area contributed by atoms with Gasteiger partial charge < -0.3 is 34.3 Å². The Kier molecular flexibility index (Phi) is 9.70. The van der Waals surface area contributed by atoms with Crippen LogP contribution < -0.4 is 24.3 Å². The number of carboxylic acid groups (broad SMARTS) is 1. The van der Waals surface area contributed by atoms with E-state index in [1.165, 1.54) is 4.90 Å². The molecule has 1 saturated carbocycles. The molecule has 10 nitrogen and oxygen atoms in total. The molecule has 1 saturated heterocycles. The minimum Gasteiger partial charge on any atom is -0.497 e. The Morgan fingerprint density at radius 3 is 2.07 bits per heavy atom. The summed E-state index contributed by atoms with van der Waals surface area (Å²) in [6.45, 7) is 2.03. The fraction of sp³-hybridized carbons (Fsp3) is 0.371. The van der Waals surface area contributed by atoms with Crippen molar-refractivity contribution in [3.8, 4) is 23.0 Å². The van der Waals surface area contributed by atoms with Crippen molar-refractivity contribution in [3.63, 3.8) is 0 Å². The zero-order valence-corrected chi connectivity index (χ0v) is 27.5. The van der Waals surface area contributed by atoms with Gasteiger partial charge >= 0.3 is 6.09 Å². The first-order chi connectivity index (χ1) is 22.3. The minimum atomic E-state index is -1.01. The topological polar surface area (TPSA) is 110 Å². The molecule has 3 aromatic carbocycles. The fourth-order valence-electron chi connectivity index (χ4n) is 6.29. The van der Waals surface area contributed by atoms with Gasteiger partial charge in [-0.05, 0) is 84.5 Å². The third kappa shape index (κ3) is 7.10. The molecule has 3 aliphatic rings. The van der Waals surface area contributed by atoms with Gasteiger partial charge in [-0.25, -0.2) is 4.79 Å². The third-order valence-electron chi connectivity index (χ3n) is 8.65. The van der Waals surface area contributed by atoms with E-state index in [1.807, 2.05) is 65.6 Å². The summed E-state index contributed by atoms with van der Waals surface area (Å²) in [7, 11) is 3.20. The molecule has 11 heteroatoms. The molecule has 2 atom stereocenters. The average Bonchev–Trinajstić information content (AvgIpc) is 3.91. The average molecular weight is 693 g/mol. The number of carbonyl (C=O) groups excluding carboxylic acids is 1. The van der Waals surface area contributed by atoms with Gasteiger partial charge in [0.15, 0.2) is 0 Å². The van der Waals surface area contributed by atoms with E-state index in [0.717, 1.165) is 39.8 Å². The van der Waals surface area contributed by atoms with Gasteiger partial charge in [0, 0.05) is 41.8 Å². The number of benzene rings is 3. The Balaban J connectivity index is 1.26. The van der Waals surface area contributed by atoms with Crippen LogP contribution in [-0.2, 0) is 11.3 Å². The highest BCUT2D eigenvalue weighted by Gasteiger charge is 2.46. The van der Waals surface area contributed by atoms with E-state index < -0.39 is 12.1 Å². The SMILES string of the molecule is COc1cc(CN(C(=O)C2=C(c3ccc(OCCOc4ccc(Br)cc4)cc3)C[C@@H]3CNC[C@H]2N3C(=O)O)C2CC2)cc(OC)c1. The molecule has 2 fully saturated rings. The molecule has 2 amide bonds. The van der Waals surface area contributed by atoms with Crippen molar-refractivity contribution in [3.05, 3.63) is 87.9 Å². The zero-order valence-electron chi connectivity index (χ0n) is 25.9. The molecule has 2 bridgehead atoms. The molecular formula is C35H38BrN3O7. The Morgan fingerprint density at radius 2 is 1.50 bits per heavy atom. The van der Waals surface area contributed by atoms with Crippen LogP contribution in [-0.4, -0.2) is 85.6 Å². The van der Waals surface area contributed by atoms with Gasteiger partial charge in [-0.15, -0.1) is 0 Å². The Labute approximate surface area is 277 Å². The molecule has 2 heterocycles. The predicted molar refractivity (Wildman–Crippen MR) is 177 cm³/mol. The number of amides is 2. The van der Waals surface area contributed by atoms with E-state index in [9.17, 15) is 14.7 Å². The highest BCUT2D eigenvalue weighted by molar-refractivity contribution is 9.10. The van der Waals surface area contributed by atoms with Crippen LogP contribution >= 0.6 is 15.9 Å². The maximum Gasteiger partial charge on any atom is 0.408 e. The molecule has 0 aromatic heterocycles. The lowest BCUT2D eigenvalue weighted by molar-refractivity contribution is -0.129. The summed E-state index contributed by atoms with van der Waals surface area (Å²) in [4.78, 5) is 30.5. The molecule has 0 radical (unpaired) electrons. The monoisotopic (exact) mass is 691 g/mol. The van der Waals surface area contributed by atoms with Crippen molar-refractivity contribution in [2.75, 3.05) is 40.5 Å². The van der Waals surface area contributed by atoms with Crippen molar-refractivity contribution in [1.29, 1.82) is 0 Å². The molecule has 2 N–H and O–H groups in total. The van der Waals surface area contributed by atoms with Crippen LogP contribution in [0, 0.1) is 0 Å². The number of methoxy groups -OCH3 is 2. The van der Waals surface area contributed by atoms with Crippen LogP contribution in [0.4, 0.5) is 4.79 Å². The Hall–Kier alpha value is -4.22. The number of ether oxygens (including phenoxy) is 4. The first kappa shape index (κ1) is 31.7. The molecule has 6 rings (SSSR count). The largest absolute Gasteiger partial charge is 0.497 e. The fourth-order valence-corrected chi connectivity index (χ4v) is 6.56. The summed E-state index contributed by atoms with van der Waals surface area (Å²) in [5, 5.41) is 13.6. The summed E-state index contributed by atoms with van der Waals surface area (Å²) in [5.41, 5.74) is 3.19. The highest BCUT2D eigenvalue weighted by Crippen LogP contribution is 2.40. The number of hydrogen-bond donors (Lipinski definition) is 2. The van der Waals surface area contributed by atoms with Crippen molar-refractivity contribution in [2.45, 2.75) is 43.9 Å². The number of nitrogens with one attached hydrogen (secondary N) is 1. The second kappa shape index (κ2) is 14.0. The van der Waals surface area contributed by atoms with E-state index in [0.29, 0.717) is 62.1 Å². The summed E-state index contributed by atoms with van der Waals surface area (Å²) in [6, 6.07) is 20.2. The van der Waals surface area contributed by atoms with E-state index in [2.05, 4.69) is 21.2 Å². The van der Waals surface area contributed by atoms with Crippen molar-refractivity contribution in [2.24, 2.45) is 0 Å². The summed E-state index contributed by atoms with van der Waals surface area (Å²) >= 11 is 3.42. The Morgan fingerprint density at radius 1 is 0.891 bits per heavy atom. The van der Waals surface area contributed by atoms with Gasteiger partial charge in [0.1, 0.15) is 36.2 Å². The van der Waals surface area contributed by atoms with Crippen molar-refractivity contribution in [1.82, 2.24) is 15.1 Å². The van der Waals surface area contributed by atoms with Gasteiger partial charge in [-0.1, -0.05) is 28.1 Å². The maximum absolute atomic E-state index is 14.6. The Bertz CT molecular complexity index is 1570. The van der Waals surface area contributed by atoms with Gasteiger partial charge in [-0.3, -0.25) is 9.69 Å². The number of fused-ring (bicyclic) bond motifs is 2. The molecule has 3 aromatic rings. The molecule has 2 aliphatic heterocycles. The van der Waals surface area contributed by atoms with Gasteiger partial charge in [0.25, 0.3) is 5.91 Å². The maximum atomic E-state index is 14.6. The molecule has 0 spiro atoms. The predicted octanol–water partition coefficient (Wildman–Crippen LogP) is 5.59. The zero-order chi connectivity index (χ0) is 32.2. The molecule has 46 heavy (non-hydrogen) atoms. The van der Waals surface area contributed by atoms with E-state index >= 15 is 0 Å². The quantitative estimate of drug-likeness (QED) is 0.237. The number of nitrogens with zero attached hydrogens (tertiary/aromatic N) is 2. The van der Waals surface area contributed by atoms with Crippen LogP contribution in [0.25, 0.3) is 5.57 Å². The van der Waals surface area contributed by atoms with Gasteiger partial charge in [0.05, 0.1) is 26.3 Å². The third-order valence-corrected chi connectivity index (χ3v) is 9.17. The lowest BCUT2D eigenvalue weighted by Gasteiger charge is -2.47. The van der Waals surface area contributed by atoms with Crippen molar-refractivity contribution >= 4 is 33.5 Å². The summed E-state index contributed by atoms with van der Waals surface area (Å²) in [5.74, 6) is 2.61. The lowest BCUT2D eigenvalue weighted by Crippen LogP contribution is -2.63. The smallest absolute Gasteiger partial charge is 0.408 e. The molecule has 242 valence electrons. The molecular weight excluding hydrogens is 654 g/mol. The summed E-state index contributed by atoms with van der Waals surface area (Å²) < 4.78 is 23.6.